The van der Waals surface area contributed by atoms with Crippen LogP contribution in [0.5, 0.6) is 28.7 Å². The Kier molecular flexibility index (Phi) is 10.6. The minimum absolute atomic E-state index is 0.00208. The molecular weight excluding hydrogens is 528 g/mol. The Balaban J connectivity index is 1.66. The van der Waals surface area contributed by atoms with E-state index in [0.717, 1.165) is 31.2 Å². The van der Waals surface area contributed by atoms with Crippen molar-refractivity contribution in [3.05, 3.63) is 42.0 Å². The second kappa shape index (κ2) is 14.3. The highest BCUT2D eigenvalue weighted by atomic mass is 16.7. The predicted octanol–water partition coefficient (Wildman–Crippen LogP) is 4.41. The number of para-hydroxylation sites is 2. The van der Waals surface area contributed by atoms with Gasteiger partial charge in [-0.05, 0) is 42.7 Å². The van der Waals surface area contributed by atoms with Crippen molar-refractivity contribution in [3.63, 3.8) is 0 Å². The number of hydrogen-bond donors (Lipinski definition) is 1. The van der Waals surface area contributed by atoms with Crippen LogP contribution >= 0.6 is 0 Å². The molecule has 0 radical (unpaired) electrons. The number of carboxylic acid groups (broad SMARTS) is 1. The smallest absolute Gasteiger partial charge is 0.308 e. The molecule has 0 spiro atoms. The third kappa shape index (κ3) is 6.98. The molecule has 2 aromatic rings. The average Bonchev–Trinajstić information content (AvgIpc) is 3.60. The van der Waals surface area contributed by atoms with Crippen LogP contribution in [0.25, 0.3) is 0 Å². The molecule has 224 valence electrons. The number of benzene rings is 2. The summed E-state index contributed by atoms with van der Waals surface area (Å²) in [7, 11) is 3.10. The van der Waals surface area contributed by atoms with Crippen LogP contribution in [0.15, 0.2) is 36.4 Å². The first-order valence-corrected chi connectivity index (χ1v) is 14.4. The Hall–Kier alpha value is -3.66. The fourth-order valence-corrected chi connectivity index (χ4v) is 5.65. The predicted molar refractivity (Wildman–Crippen MR) is 153 cm³/mol. The number of nitrogens with zero attached hydrogens (tertiary/aromatic N) is 2. The number of likely N-dealkylation sites (tertiary alicyclic amines) is 1. The van der Waals surface area contributed by atoms with Crippen LogP contribution < -0.4 is 23.7 Å². The van der Waals surface area contributed by atoms with E-state index in [1.807, 2.05) is 34.1 Å². The second-order valence-electron chi connectivity index (χ2n) is 10.5. The lowest BCUT2D eigenvalue weighted by molar-refractivity contribution is -0.144. The summed E-state index contributed by atoms with van der Waals surface area (Å²) >= 11 is 0. The van der Waals surface area contributed by atoms with Crippen LogP contribution in [0.2, 0.25) is 0 Å². The molecule has 0 unspecified atom stereocenters. The first kappa shape index (κ1) is 30.3. The van der Waals surface area contributed by atoms with E-state index in [1.54, 1.807) is 26.4 Å². The maximum absolute atomic E-state index is 13.6. The summed E-state index contributed by atoms with van der Waals surface area (Å²) in [5, 5.41) is 10.5. The molecule has 10 nitrogen and oxygen atoms in total. The number of aliphatic carboxylic acids is 1. The lowest BCUT2D eigenvalue weighted by atomic mass is 9.85. The quantitative estimate of drug-likeness (QED) is 0.333. The molecule has 0 saturated carbocycles. The summed E-state index contributed by atoms with van der Waals surface area (Å²) in [5.41, 5.74) is 0.754. The zero-order valence-corrected chi connectivity index (χ0v) is 24.5. The molecule has 10 heteroatoms. The summed E-state index contributed by atoms with van der Waals surface area (Å²) in [6.45, 7) is 6.21. The largest absolute Gasteiger partial charge is 0.493 e. The van der Waals surface area contributed by atoms with Gasteiger partial charge in [-0.15, -0.1) is 0 Å². The molecule has 0 bridgehead atoms. The lowest BCUT2D eigenvalue weighted by Crippen LogP contribution is -2.46. The standard InChI is InChI=1S/C31H42N2O8/c1-5-7-13-32(14-8-6-2)28(34)18-33-17-22(21-15-26(38-4)30-27(16-21)40-20-41-30)29(31(35)36)23(33)19-39-25-12-10-9-11-24(25)37-3/h9-12,15-16,22-23,29H,5-8,13-14,17-20H2,1-4H3,(H,35,36)/t22-,23+,29-/m1/s1. The molecule has 1 amide bonds. The summed E-state index contributed by atoms with van der Waals surface area (Å²) in [6.07, 6.45) is 3.83. The zero-order chi connectivity index (χ0) is 29.4. The minimum Gasteiger partial charge on any atom is -0.493 e. The number of carbonyl (C=O) groups excluding carboxylic acids is 1. The third-order valence-corrected chi connectivity index (χ3v) is 7.88. The first-order valence-electron chi connectivity index (χ1n) is 14.4. The van der Waals surface area contributed by atoms with Gasteiger partial charge in [-0.3, -0.25) is 14.5 Å². The molecule has 4 rings (SSSR count). The normalized spacial score (nSPS) is 19.7. The highest BCUT2D eigenvalue weighted by Gasteiger charge is 2.48. The van der Waals surface area contributed by atoms with E-state index in [1.165, 1.54) is 0 Å². The maximum atomic E-state index is 13.6. The number of carbonyl (C=O) groups is 2. The molecule has 41 heavy (non-hydrogen) atoms. The van der Waals surface area contributed by atoms with E-state index in [4.69, 9.17) is 23.7 Å². The molecule has 0 aliphatic carbocycles. The molecule has 2 heterocycles. The van der Waals surface area contributed by atoms with Crippen molar-refractivity contribution in [2.75, 3.05) is 53.8 Å². The van der Waals surface area contributed by atoms with Gasteiger partial charge in [-0.25, -0.2) is 0 Å². The Morgan fingerprint density at radius 3 is 2.32 bits per heavy atom. The molecule has 3 atom stereocenters. The molecular formula is C31H42N2O8. The van der Waals surface area contributed by atoms with Gasteiger partial charge in [0.1, 0.15) is 6.61 Å². The van der Waals surface area contributed by atoms with Crippen LogP contribution in [-0.2, 0) is 9.59 Å². The Morgan fingerprint density at radius 2 is 1.68 bits per heavy atom. The number of rotatable bonds is 15. The summed E-state index contributed by atoms with van der Waals surface area (Å²) in [5.74, 6) is 0.356. The minimum atomic E-state index is -0.955. The van der Waals surface area contributed by atoms with Crippen molar-refractivity contribution in [2.24, 2.45) is 5.92 Å². The maximum Gasteiger partial charge on any atom is 0.308 e. The fourth-order valence-electron chi connectivity index (χ4n) is 5.65. The Labute approximate surface area is 242 Å². The van der Waals surface area contributed by atoms with Crippen molar-refractivity contribution >= 4 is 11.9 Å². The van der Waals surface area contributed by atoms with Crippen LogP contribution in [0.4, 0.5) is 0 Å². The van der Waals surface area contributed by atoms with Crippen molar-refractivity contribution in [1.82, 2.24) is 9.80 Å². The van der Waals surface area contributed by atoms with E-state index < -0.39 is 23.8 Å². The number of carboxylic acids is 1. The molecule has 2 aliphatic heterocycles. The number of amides is 1. The Morgan fingerprint density at radius 1 is 1.00 bits per heavy atom. The van der Waals surface area contributed by atoms with Crippen LogP contribution in [0.1, 0.15) is 51.0 Å². The van der Waals surface area contributed by atoms with Crippen molar-refractivity contribution in [3.8, 4) is 28.7 Å². The van der Waals surface area contributed by atoms with Gasteiger partial charge in [0.25, 0.3) is 0 Å². The summed E-state index contributed by atoms with van der Waals surface area (Å²) in [4.78, 5) is 30.4. The summed E-state index contributed by atoms with van der Waals surface area (Å²) < 4.78 is 28.3. The van der Waals surface area contributed by atoms with Gasteiger partial charge in [0.15, 0.2) is 23.0 Å². The third-order valence-electron chi connectivity index (χ3n) is 7.88. The fraction of sp³-hybridized carbons (Fsp3) is 0.548. The van der Waals surface area contributed by atoms with Gasteiger partial charge in [-0.1, -0.05) is 38.8 Å². The monoisotopic (exact) mass is 570 g/mol. The van der Waals surface area contributed by atoms with Crippen LogP contribution in [-0.4, -0.2) is 86.6 Å². The second-order valence-corrected chi connectivity index (χ2v) is 10.5. The first-order chi connectivity index (χ1) is 19.9. The molecule has 1 saturated heterocycles. The zero-order valence-electron chi connectivity index (χ0n) is 24.5. The van der Waals surface area contributed by atoms with Gasteiger partial charge >= 0.3 is 5.97 Å². The molecule has 2 aromatic carbocycles. The van der Waals surface area contributed by atoms with E-state index >= 15 is 0 Å². The Bertz CT molecular complexity index is 1180. The average molecular weight is 571 g/mol. The van der Waals surface area contributed by atoms with E-state index in [-0.39, 0.29) is 25.9 Å². The van der Waals surface area contributed by atoms with E-state index in [2.05, 4.69) is 13.8 Å². The van der Waals surface area contributed by atoms with Gasteiger partial charge in [0, 0.05) is 25.6 Å². The SMILES string of the molecule is CCCCN(CCCC)C(=O)CN1C[C@H](c2cc(OC)c3c(c2)OCO3)[C@@H](C(=O)O)[C@@H]1COc1ccccc1OC. The highest BCUT2D eigenvalue weighted by Crippen LogP contribution is 2.47. The molecule has 0 aromatic heterocycles. The lowest BCUT2D eigenvalue weighted by Gasteiger charge is -2.29. The topological polar surface area (TPSA) is 107 Å². The van der Waals surface area contributed by atoms with Gasteiger partial charge in [0.2, 0.25) is 18.4 Å². The number of ether oxygens (including phenoxy) is 5. The molecule has 2 aliphatic rings. The van der Waals surface area contributed by atoms with E-state index in [0.29, 0.717) is 48.4 Å². The van der Waals surface area contributed by atoms with Crippen molar-refractivity contribution < 1.29 is 38.4 Å². The van der Waals surface area contributed by atoms with Gasteiger partial charge in [0.05, 0.1) is 32.7 Å². The van der Waals surface area contributed by atoms with Crippen molar-refractivity contribution in [1.29, 1.82) is 0 Å². The molecule has 1 fully saturated rings. The van der Waals surface area contributed by atoms with Gasteiger partial charge in [-0.2, -0.15) is 0 Å². The number of fused-ring (bicyclic) bond motifs is 1. The van der Waals surface area contributed by atoms with Crippen molar-refractivity contribution in [2.45, 2.75) is 51.5 Å². The number of unbranched alkanes of at least 4 members (excludes halogenated alkanes) is 2. The van der Waals surface area contributed by atoms with Crippen LogP contribution in [0.3, 0.4) is 0 Å². The number of methoxy groups -OCH3 is 2. The van der Waals surface area contributed by atoms with Crippen LogP contribution in [0, 0.1) is 5.92 Å². The highest BCUT2D eigenvalue weighted by molar-refractivity contribution is 5.79. The molecule has 1 N–H and O–H groups in total. The number of hydrogen-bond acceptors (Lipinski definition) is 8. The summed E-state index contributed by atoms with van der Waals surface area (Å²) in [6, 6.07) is 10.3. The van der Waals surface area contributed by atoms with E-state index in [9.17, 15) is 14.7 Å². The van der Waals surface area contributed by atoms with Gasteiger partial charge < -0.3 is 33.7 Å².